The average molecular weight is 238 g/mol. The van der Waals surface area contributed by atoms with Crippen molar-refractivity contribution in [2.45, 2.75) is 27.2 Å². The lowest BCUT2D eigenvalue weighted by molar-refractivity contribution is 0.0286. The van der Waals surface area contributed by atoms with Crippen LogP contribution < -0.4 is 0 Å². The van der Waals surface area contributed by atoms with Crippen molar-refractivity contribution in [3.8, 4) is 0 Å². The van der Waals surface area contributed by atoms with Gasteiger partial charge in [-0.15, -0.1) is 0 Å². The van der Waals surface area contributed by atoms with Crippen LogP contribution in [-0.2, 0) is 14.6 Å². The van der Waals surface area contributed by atoms with Gasteiger partial charge in [0.25, 0.3) is 0 Å². The second-order valence-corrected chi connectivity index (χ2v) is 6.94. The Bertz CT molecular complexity index is 257. The monoisotopic (exact) mass is 238 g/mol. The first-order valence-electron chi connectivity index (χ1n) is 5.22. The molecule has 0 aromatic rings. The number of ether oxygens (including phenoxy) is 1. The van der Waals surface area contributed by atoms with Crippen LogP contribution in [0.4, 0.5) is 0 Å². The van der Waals surface area contributed by atoms with Gasteiger partial charge in [0, 0.05) is 17.8 Å². The Morgan fingerprint density at radius 2 is 1.93 bits per heavy atom. The Balaban J connectivity index is 3.57. The molecule has 0 aliphatic rings. The summed E-state index contributed by atoms with van der Waals surface area (Å²) in [6.07, 6.45) is 0.525. The molecule has 0 aliphatic carbocycles. The van der Waals surface area contributed by atoms with Crippen LogP contribution in [0.25, 0.3) is 0 Å². The highest BCUT2D eigenvalue weighted by Crippen LogP contribution is 2.13. The molecule has 1 N–H and O–H groups in total. The first-order valence-corrected chi connectivity index (χ1v) is 7.04. The van der Waals surface area contributed by atoms with Crippen LogP contribution in [-0.4, -0.2) is 44.9 Å². The summed E-state index contributed by atoms with van der Waals surface area (Å²) in [5, 5.41) is 8.94. The normalized spacial score (nSPS) is 13.1. The molecule has 92 valence electrons. The summed E-state index contributed by atoms with van der Waals surface area (Å²) in [4.78, 5) is 0. The number of hydrogen-bond donors (Lipinski definition) is 1. The van der Waals surface area contributed by atoms with E-state index in [0.717, 1.165) is 0 Å². The molecule has 0 spiro atoms. The molecule has 5 heteroatoms. The fraction of sp³-hybridized carbons (Fsp3) is 1.00. The Kier molecular flexibility index (Phi) is 6.40. The highest BCUT2D eigenvalue weighted by Gasteiger charge is 2.16. The van der Waals surface area contributed by atoms with Crippen molar-refractivity contribution in [1.82, 2.24) is 0 Å². The lowest BCUT2D eigenvalue weighted by Gasteiger charge is -2.21. The molecular formula is C10H22O4S. The maximum absolute atomic E-state index is 11.1. The van der Waals surface area contributed by atoms with Crippen molar-refractivity contribution < 1.29 is 18.3 Å². The maximum atomic E-state index is 11.1. The minimum atomic E-state index is -2.87. The first-order chi connectivity index (χ1) is 6.83. The maximum Gasteiger partial charge on any atom is 0.150 e. The van der Waals surface area contributed by atoms with E-state index in [2.05, 4.69) is 0 Å². The van der Waals surface area contributed by atoms with E-state index in [1.54, 1.807) is 6.92 Å². The van der Waals surface area contributed by atoms with E-state index in [1.807, 2.05) is 13.8 Å². The first kappa shape index (κ1) is 14.9. The van der Waals surface area contributed by atoms with Crippen LogP contribution in [0.3, 0.4) is 0 Å². The molecular weight excluding hydrogens is 216 g/mol. The van der Waals surface area contributed by atoms with Gasteiger partial charge < -0.3 is 9.84 Å². The van der Waals surface area contributed by atoms with Gasteiger partial charge in [0.05, 0.1) is 19.0 Å². The van der Waals surface area contributed by atoms with Gasteiger partial charge in [0.2, 0.25) is 0 Å². The van der Waals surface area contributed by atoms with Crippen LogP contribution >= 0.6 is 0 Å². The molecule has 0 fully saturated rings. The van der Waals surface area contributed by atoms with Crippen molar-refractivity contribution in [3.05, 3.63) is 0 Å². The minimum absolute atomic E-state index is 0.0697. The lowest BCUT2D eigenvalue weighted by atomic mass is 9.97. The van der Waals surface area contributed by atoms with Crippen LogP contribution in [0, 0.1) is 5.41 Å². The third kappa shape index (κ3) is 7.76. The standard InChI is InChI=1S/C10H22O4S/c1-4-15(12,13)7-5-6-14-9-10(2,3)8-11/h11H,4-9H2,1-3H3. The van der Waals surface area contributed by atoms with E-state index in [1.165, 1.54) is 0 Å². The van der Waals surface area contributed by atoms with Crippen molar-refractivity contribution in [3.63, 3.8) is 0 Å². The number of hydrogen-bond acceptors (Lipinski definition) is 4. The van der Waals surface area contributed by atoms with Gasteiger partial charge in [-0.05, 0) is 6.42 Å². The van der Waals surface area contributed by atoms with Crippen molar-refractivity contribution >= 4 is 9.84 Å². The van der Waals surface area contributed by atoms with Crippen molar-refractivity contribution in [1.29, 1.82) is 0 Å². The van der Waals surface area contributed by atoms with Crippen LogP contribution in [0.5, 0.6) is 0 Å². The average Bonchev–Trinajstić information content (AvgIpc) is 2.17. The van der Waals surface area contributed by atoms with Gasteiger partial charge in [-0.3, -0.25) is 0 Å². The largest absolute Gasteiger partial charge is 0.396 e. The second kappa shape index (κ2) is 6.45. The number of sulfone groups is 1. The Morgan fingerprint density at radius 3 is 2.40 bits per heavy atom. The predicted molar refractivity (Wildman–Crippen MR) is 60.6 cm³/mol. The molecule has 0 saturated heterocycles. The molecule has 0 heterocycles. The minimum Gasteiger partial charge on any atom is -0.396 e. The Morgan fingerprint density at radius 1 is 1.33 bits per heavy atom. The van der Waals surface area contributed by atoms with E-state index in [0.29, 0.717) is 19.6 Å². The zero-order chi connectivity index (χ0) is 11.9. The zero-order valence-electron chi connectivity index (χ0n) is 9.82. The smallest absolute Gasteiger partial charge is 0.150 e. The Labute approximate surface area is 92.6 Å². The van der Waals surface area contributed by atoms with Gasteiger partial charge in [-0.1, -0.05) is 20.8 Å². The van der Waals surface area contributed by atoms with Gasteiger partial charge in [-0.25, -0.2) is 8.42 Å². The number of rotatable bonds is 8. The molecule has 0 aromatic heterocycles. The van der Waals surface area contributed by atoms with Gasteiger partial charge in [0.1, 0.15) is 9.84 Å². The molecule has 15 heavy (non-hydrogen) atoms. The molecule has 0 aromatic carbocycles. The quantitative estimate of drug-likeness (QED) is 0.637. The third-order valence-corrected chi connectivity index (χ3v) is 3.90. The molecule has 0 unspecified atom stereocenters. The fourth-order valence-electron chi connectivity index (χ4n) is 0.919. The molecule has 0 rings (SSSR count). The van der Waals surface area contributed by atoms with E-state index < -0.39 is 9.84 Å². The third-order valence-electron chi connectivity index (χ3n) is 2.10. The van der Waals surface area contributed by atoms with E-state index in [4.69, 9.17) is 9.84 Å². The highest BCUT2D eigenvalue weighted by molar-refractivity contribution is 7.91. The summed E-state index contributed by atoms with van der Waals surface area (Å²) in [5.41, 5.74) is -0.246. The van der Waals surface area contributed by atoms with Crippen molar-refractivity contribution in [2.75, 3.05) is 31.3 Å². The van der Waals surface area contributed by atoms with Crippen LogP contribution in [0.1, 0.15) is 27.2 Å². The molecule has 0 atom stereocenters. The second-order valence-electron chi connectivity index (χ2n) is 4.46. The summed E-state index contributed by atoms with van der Waals surface area (Å²) < 4.78 is 27.5. The van der Waals surface area contributed by atoms with Crippen LogP contribution in [0.2, 0.25) is 0 Å². The van der Waals surface area contributed by atoms with Gasteiger partial charge in [0.15, 0.2) is 0 Å². The molecule has 0 aliphatic heterocycles. The number of aliphatic hydroxyl groups is 1. The van der Waals surface area contributed by atoms with E-state index in [-0.39, 0.29) is 23.5 Å². The molecule has 0 bridgehead atoms. The lowest BCUT2D eigenvalue weighted by Crippen LogP contribution is -2.24. The molecule has 4 nitrogen and oxygen atoms in total. The van der Waals surface area contributed by atoms with E-state index in [9.17, 15) is 8.42 Å². The summed E-state index contributed by atoms with van der Waals surface area (Å²) in [7, 11) is -2.87. The molecule has 0 radical (unpaired) electrons. The molecule has 0 amide bonds. The fourth-order valence-corrected chi connectivity index (χ4v) is 1.77. The predicted octanol–water partition coefficient (Wildman–Crippen LogP) is 0.846. The number of aliphatic hydroxyl groups excluding tert-OH is 1. The Hall–Kier alpha value is -0.130. The summed E-state index contributed by atoms with van der Waals surface area (Å²) in [5.74, 6) is 0.373. The van der Waals surface area contributed by atoms with Crippen LogP contribution in [0.15, 0.2) is 0 Å². The SMILES string of the molecule is CCS(=O)(=O)CCCOCC(C)(C)CO. The summed E-state index contributed by atoms with van der Waals surface area (Å²) >= 11 is 0. The van der Waals surface area contributed by atoms with Gasteiger partial charge in [-0.2, -0.15) is 0 Å². The zero-order valence-corrected chi connectivity index (χ0v) is 10.6. The van der Waals surface area contributed by atoms with Gasteiger partial charge >= 0.3 is 0 Å². The summed E-state index contributed by atoms with van der Waals surface area (Å²) in [6, 6.07) is 0. The van der Waals surface area contributed by atoms with Crippen molar-refractivity contribution in [2.24, 2.45) is 5.41 Å². The topological polar surface area (TPSA) is 63.6 Å². The molecule has 0 saturated carbocycles. The highest BCUT2D eigenvalue weighted by atomic mass is 32.2. The van der Waals surface area contributed by atoms with E-state index >= 15 is 0 Å². The summed E-state index contributed by atoms with van der Waals surface area (Å²) in [6.45, 7) is 6.40.